The average molecular weight is 433 g/mol. The molecule has 9 heteroatoms. The average Bonchev–Trinajstić information content (AvgIpc) is 2.81. The zero-order chi connectivity index (χ0) is 23.1. The summed E-state index contributed by atoms with van der Waals surface area (Å²) < 4.78 is 10.4. The molecule has 9 nitrogen and oxygen atoms in total. The number of nitrogens with zero attached hydrogens (tertiary/aromatic N) is 1. The van der Waals surface area contributed by atoms with E-state index >= 15 is 0 Å². The van der Waals surface area contributed by atoms with E-state index in [1.165, 1.54) is 18.2 Å². The van der Waals surface area contributed by atoms with Crippen molar-refractivity contribution in [3.8, 4) is 0 Å². The van der Waals surface area contributed by atoms with E-state index in [2.05, 4.69) is 4.98 Å². The number of esters is 2. The van der Waals surface area contributed by atoms with E-state index in [1.54, 1.807) is 60.7 Å². The van der Waals surface area contributed by atoms with Gasteiger partial charge in [0.15, 0.2) is 0 Å². The van der Waals surface area contributed by atoms with Gasteiger partial charge in [-0.25, -0.2) is 14.6 Å². The highest BCUT2D eigenvalue weighted by Crippen LogP contribution is 2.20. The maximum absolute atomic E-state index is 12.5. The molecule has 0 bridgehead atoms. The second-order valence-electron chi connectivity index (χ2n) is 6.60. The zero-order valence-electron chi connectivity index (χ0n) is 16.7. The molecule has 1 heterocycles. The summed E-state index contributed by atoms with van der Waals surface area (Å²) in [4.78, 5) is 52.6. The van der Waals surface area contributed by atoms with Crippen LogP contribution in [0, 0.1) is 0 Å². The second-order valence-corrected chi connectivity index (χ2v) is 6.60. The largest absolute Gasteiger partial charge is 0.443 e. The SMILES string of the molecule is NC(=O)C(OC(=O)c1cccc(C(=O)OC(C(N)=O)c2ccccc2)n1)c1ccccc1. The highest BCUT2D eigenvalue weighted by Gasteiger charge is 2.26. The summed E-state index contributed by atoms with van der Waals surface area (Å²) in [7, 11) is 0. The molecule has 0 aliphatic carbocycles. The number of primary amides is 2. The number of rotatable bonds is 8. The van der Waals surface area contributed by atoms with Gasteiger partial charge in [0.1, 0.15) is 11.4 Å². The van der Waals surface area contributed by atoms with Crippen LogP contribution in [0.15, 0.2) is 78.9 Å². The van der Waals surface area contributed by atoms with Gasteiger partial charge in [-0.1, -0.05) is 66.7 Å². The second kappa shape index (κ2) is 9.98. The zero-order valence-corrected chi connectivity index (χ0v) is 16.7. The summed E-state index contributed by atoms with van der Waals surface area (Å²) in [5, 5.41) is 0. The van der Waals surface area contributed by atoms with Crippen molar-refractivity contribution in [2.75, 3.05) is 0 Å². The lowest BCUT2D eigenvalue weighted by Gasteiger charge is -2.16. The van der Waals surface area contributed by atoms with E-state index in [0.717, 1.165) is 0 Å². The number of hydrogen-bond acceptors (Lipinski definition) is 7. The molecule has 0 fully saturated rings. The first-order valence-electron chi connectivity index (χ1n) is 9.44. The summed E-state index contributed by atoms with van der Waals surface area (Å²) in [5.74, 6) is -3.68. The lowest BCUT2D eigenvalue weighted by atomic mass is 10.1. The molecule has 2 unspecified atom stereocenters. The molecule has 4 N–H and O–H groups in total. The van der Waals surface area contributed by atoms with Gasteiger partial charge in [0, 0.05) is 11.1 Å². The summed E-state index contributed by atoms with van der Waals surface area (Å²) >= 11 is 0. The van der Waals surface area contributed by atoms with Crippen molar-refractivity contribution in [3.63, 3.8) is 0 Å². The minimum Gasteiger partial charge on any atom is -0.443 e. The predicted molar refractivity (Wildman–Crippen MR) is 112 cm³/mol. The van der Waals surface area contributed by atoms with Crippen molar-refractivity contribution in [2.45, 2.75) is 12.2 Å². The molecule has 2 amide bonds. The molecule has 0 saturated carbocycles. The number of hydrogen-bond donors (Lipinski definition) is 2. The summed E-state index contributed by atoms with van der Waals surface area (Å²) in [6.07, 6.45) is -2.67. The van der Waals surface area contributed by atoms with Gasteiger partial charge in [-0.05, 0) is 12.1 Å². The first-order valence-corrected chi connectivity index (χ1v) is 9.44. The Bertz CT molecular complexity index is 1050. The smallest absolute Gasteiger partial charge is 0.358 e. The molecule has 3 aromatic rings. The van der Waals surface area contributed by atoms with E-state index < -0.39 is 36.0 Å². The topological polar surface area (TPSA) is 152 Å². The molecule has 3 rings (SSSR count). The third-order valence-corrected chi connectivity index (χ3v) is 4.34. The Morgan fingerprint density at radius 2 is 0.969 bits per heavy atom. The van der Waals surface area contributed by atoms with Crippen molar-refractivity contribution in [3.05, 3.63) is 101 Å². The molecule has 0 aliphatic heterocycles. The lowest BCUT2D eigenvalue weighted by Crippen LogP contribution is -2.27. The highest BCUT2D eigenvalue weighted by atomic mass is 16.6. The Balaban J connectivity index is 1.78. The molecule has 1 aromatic heterocycles. The summed E-state index contributed by atoms with van der Waals surface area (Å²) in [6, 6.07) is 20.4. The molecule has 2 atom stereocenters. The maximum atomic E-state index is 12.5. The van der Waals surface area contributed by atoms with Gasteiger partial charge in [-0.2, -0.15) is 0 Å². The van der Waals surface area contributed by atoms with Crippen LogP contribution in [0.1, 0.15) is 44.3 Å². The first-order chi connectivity index (χ1) is 15.4. The monoisotopic (exact) mass is 433 g/mol. The Morgan fingerprint density at radius 1 is 0.594 bits per heavy atom. The predicted octanol–water partition coefficient (Wildman–Crippen LogP) is 1.85. The molecule has 162 valence electrons. The van der Waals surface area contributed by atoms with Gasteiger partial charge in [0.25, 0.3) is 11.8 Å². The van der Waals surface area contributed by atoms with Gasteiger partial charge < -0.3 is 20.9 Å². The van der Waals surface area contributed by atoms with Crippen LogP contribution in [-0.4, -0.2) is 28.7 Å². The molecular weight excluding hydrogens is 414 g/mol. The Kier molecular flexibility index (Phi) is 6.92. The highest BCUT2D eigenvalue weighted by molar-refractivity contribution is 5.94. The number of carbonyl (C=O) groups excluding carboxylic acids is 4. The first kappa shape index (κ1) is 22.2. The molecule has 0 saturated heterocycles. The maximum Gasteiger partial charge on any atom is 0.358 e. The van der Waals surface area contributed by atoms with Crippen LogP contribution in [-0.2, 0) is 19.1 Å². The standard InChI is InChI=1S/C23H19N3O6/c24-20(27)18(14-8-3-1-4-9-14)31-22(29)16-12-7-13-17(26-16)23(30)32-19(21(25)28)15-10-5-2-6-11-15/h1-13,18-19H,(H2,24,27)(H2,25,28). The fraction of sp³-hybridized carbons (Fsp3) is 0.0870. The van der Waals surface area contributed by atoms with Crippen molar-refractivity contribution in [1.29, 1.82) is 0 Å². The number of pyridine rings is 1. The molecule has 2 aromatic carbocycles. The normalized spacial score (nSPS) is 12.2. The number of carbonyl (C=O) groups is 4. The van der Waals surface area contributed by atoms with Crippen LogP contribution in [0.5, 0.6) is 0 Å². The fourth-order valence-electron chi connectivity index (χ4n) is 2.83. The third kappa shape index (κ3) is 5.33. The van der Waals surface area contributed by atoms with Gasteiger partial charge in [0.05, 0.1) is 0 Å². The quantitative estimate of drug-likeness (QED) is 0.514. The van der Waals surface area contributed by atoms with Crippen LogP contribution in [0.4, 0.5) is 0 Å². The number of amides is 2. The number of ether oxygens (including phenoxy) is 2. The molecular formula is C23H19N3O6. The van der Waals surface area contributed by atoms with Gasteiger partial charge in [0.2, 0.25) is 12.2 Å². The van der Waals surface area contributed by atoms with Crippen LogP contribution < -0.4 is 11.5 Å². The Hall–Kier alpha value is -4.53. The van der Waals surface area contributed by atoms with Gasteiger partial charge >= 0.3 is 11.9 Å². The van der Waals surface area contributed by atoms with Crippen molar-refractivity contribution >= 4 is 23.8 Å². The molecule has 0 radical (unpaired) electrons. The minimum atomic E-state index is -1.33. The minimum absolute atomic E-state index is 0.253. The molecule has 0 aliphatic rings. The van der Waals surface area contributed by atoms with Crippen molar-refractivity contribution in [1.82, 2.24) is 4.98 Å². The van der Waals surface area contributed by atoms with Gasteiger partial charge in [-0.15, -0.1) is 0 Å². The van der Waals surface area contributed by atoms with E-state index in [9.17, 15) is 19.2 Å². The summed E-state index contributed by atoms with van der Waals surface area (Å²) in [6.45, 7) is 0. The van der Waals surface area contributed by atoms with Gasteiger partial charge in [-0.3, -0.25) is 9.59 Å². The van der Waals surface area contributed by atoms with Crippen LogP contribution in [0.25, 0.3) is 0 Å². The molecule has 0 spiro atoms. The van der Waals surface area contributed by atoms with Crippen molar-refractivity contribution in [2.24, 2.45) is 11.5 Å². The van der Waals surface area contributed by atoms with E-state index in [4.69, 9.17) is 20.9 Å². The number of aromatic nitrogens is 1. The Morgan fingerprint density at radius 3 is 1.31 bits per heavy atom. The van der Waals surface area contributed by atoms with Crippen molar-refractivity contribution < 1.29 is 28.7 Å². The number of benzene rings is 2. The van der Waals surface area contributed by atoms with E-state index in [-0.39, 0.29) is 11.4 Å². The number of nitrogens with two attached hydrogens (primary N) is 2. The van der Waals surface area contributed by atoms with E-state index in [1.807, 2.05) is 0 Å². The molecule has 32 heavy (non-hydrogen) atoms. The summed E-state index contributed by atoms with van der Waals surface area (Å²) in [5.41, 5.74) is 11.0. The van der Waals surface area contributed by atoms with E-state index in [0.29, 0.717) is 11.1 Å². The fourth-order valence-corrected chi connectivity index (χ4v) is 2.83. The third-order valence-electron chi connectivity index (χ3n) is 4.34. The van der Waals surface area contributed by atoms with Crippen LogP contribution >= 0.6 is 0 Å². The lowest BCUT2D eigenvalue weighted by molar-refractivity contribution is -0.127. The van der Waals surface area contributed by atoms with Crippen LogP contribution in [0.3, 0.4) is 0 Å². The van der Waals surface area contributed by atoms with Crippen LogP contribution in [0.2, 0.25) is 0 Å². The Labute approximate surface area is 183 Å².